The first kappa shape index (κ1) is 14.6. The van der Waals surface area contributed by atoms with Gasteiger partial charge < -0.3 is 9.47 Å². The van der Waals surface area contributed by atoms with Crippen molar-refractivity contribution in [3.63, 3.8) is 0 Å². The monoisotopic (exact) mass is 348 g/mol. The summed E-state index contributed by atoms with van der Waals surface area (Å²) < 4.78 is 24.4. The minimum atomic E-state index is -0.356. The predicted octanol–water partition coefficient (Wildman–Crippen LogP) is 4.58. The lowest BCUT2D eigenvalue weighted by Crippen LogP contribution is -2.13. The van der Waals surface area contributed by atoms with E-state index in [4.69, 9.17) is 21.1 Å². The molecule has 2 aliphatic rings. The molecule has 0 N–H and O–H groups in total. The van der Waals surface area contributed by atoms with Crippen LogP contribution in [0.15, 0.2) is 40.8 Å². The maximum absolute atomic E-state index is 13.8. The zero-order valence-corrected chi connectivity index (χ0v) is 13.3. The third-order valence-corrected chi connectivity index (χ3v) is 5.11. The fraction of sp³-hybridized carbons (Fsp3) is 0.118. The lowest BCUT2D eigenvalue weighted by atomic mass is 10.0. The first-order valence-corrected chi connectivity index (χ1v) is 8.25. The molecule has 0 amide bonds. The van der Waals surface area contributed by atoms with Crippen molar-refractivity contribution in [1.82, 2.24) is 0 Å². The second-order valence-electron chi connectivity index (χ2n) is 5.14. The molecule has 2 aromatic carbocycles. The van der Waals surface area contributed by atoms with Crippen molar-refractivity contribution in [2.75, 3.05) is 12.5 Å². The van der Waals surface area contributed by atoms with E-state index < -0.39 is 0 Å². The van der Waals surface area contributed by atoms with E-state index in [2.05, 4.69) is 0 Å². The summed E-state index contributed by atoms with van der Waals surface area (Å²) in [6.45, 7) is 0.135. The van der Waals surface area contributed by atoms with Crippen LogP contribution in [0.25, 0.3) is 6.08 Å². The molecular formula is C17H10ClFO3S. The molecule has 3 nitrogen and oxygen atoms in total. The summed E-state index contributed by atoms with van der Waals surface area (Å²) in [5.74, 6) is 0.981. The molecule has 4 rings (SSSR count). The Kier molecular flexibility index (Phi) is 3.54. The Bertz CT molecular complexity index is 863. The molecule has 2 heterocycles. The number of halogens is 2. The highest BCUT2D eigenvalue weighted by molar-refractivity contribution is 7.99. The fourth-order valence-corrected chi connectivity index (χ4v) is 3.91. The molecule has 0 saturated carbocycles. The Morgan fingerprint density at radius 3 is 3.00 bits per heavy atom. The number of carbonyl (C=O) groups excluding carboxylic acids is 1. The summed E-state index contributed by atoms with van der Waals surface area (Å²) in [6.07, 6.45) is 1.76. The summed E-state index contributed by atoms with van der Waals surface area (Å²) in [7, 11) is 0. The van der Waals surface area contributed by atoms with Gasteiger partial charge in [-0.15, -0.1) is 11.8 Å². The Morgan fingerprint density at radius 1 is 1.26 bits per heavy atom. The Hall–Kier alpha value is -1.98. The first-order valence-electron chi connectivity index (χ1n) is 6.89. The molecule has 0 spiro atoms. The predicted molar refractivity (Wildman–Crippen MR) is 87.0 cm³/mol. The quantitative estimate of drug-likeness (QED) is 0.707. The van der Waals surface area contributed by atoms with Crippen LogP contribution in [-0.4, -0.2) is 18.3 Å². The molecule has 6 heteroatoms. The molecule has 0 radical (unpaired) electrons. The minimum absolute atomic E-state index is 0.135. The van der Waals surface area contributed by atoms with Gasteiger partial charge in [-0.2, -0.15) is 0 Å². The van der Waals surface area contributed by atoms with Crippen molar-refractivity contribution >= 4 is 35.2 Å². The summed E-state index contributed by atoms with van der Waals surface area (Å²) in [6, 6.07) is 8.06. The van der Waals surface area contributed by atoms with Crippen LogP contribution in [0.2, 0.25) is 5.02 Å². The van der Waals surface area contributed by atoms with Gasteiger partial charge in [0.1, 0.15) is 5.82 Å². The highest BCUT2D eigenvalue weighted by atomic mass is 35.5. The molecule has 0 aromatic heterocycles. The first-order chi connectivity index (χ1) is 11.1. The maximum Gasteiger partial charge on any atom is 0.231 e. The van der Waals surface area contributed by atoms with Crippen LogP contribution in [0.4, 0.5) is 4.39 Å². The SMILES string of the molecule is O=C1/C(=C/c2cc(Cl)c3c(c2)OCO3)CSc2c(F)cccc21. The molecule has 0 unspecified atom stereocenters. The molecular weight excluding hydrogens is 339 g/mol. The van der Waals surface area contributed by atoms with Crippen LogP contribution in [0, 0.1) is 5.82 Å². The highest BCUT2D eigenvalue weighted by Gasteiger charge is 2.25. The third kappa shape index (κ3) is 2.50. The number of thioether (sulfide) groups is 1. The van der Waals surface area contributed by atoms with Crippen molar-refractivity contribution in [3.8, 4) is 11.5 Å². The average Bonchev–Trinajstić information content (AvgIpc) is 3.00. The molecule has 0 bridgehead atoms. The van der Waals surface area contributed by atoms with E-state index in [-0.39, 0.29) is 18.4 Å². The van der Waals surface area contributed by atoms with Crippen molar-refractivity contribution in [1.29, 1.82) is 0 Å². The molecule has 116 valence electrons. The zero-order valence-electron chi connectivity index (χ0n) is 11.8. The third-order valence-electron chi connectivity index (χ3n) is 3.67. The average molecular weight is 349 g/mol. The van der Waals surface area contributed by atoms with Gasteiger partial charge in [0.15, 0.2) is 17.3 Å². The lowest BCUT2D eigenvalue weighted by molar-refractivity contribution is 0.103. The summed E-state index contributed by atoms with van der Waals surface area (Å²) in [4.78, 5) is 13.0. The van der Waals surface area contributed by atoms with Gasteiger partial charge in [-0.25, -0.2) is 4.39 Å². The lowest BCUT2D eigenvalue weighted by Gasteiger charge is -2.17. The normalized spacial score (nSPS) is 17.5. The number of rotatable bonds is 1. The summed E-state index contributed by atoms with van der Waals surface area (Å²) in [5.41, 5.74) is 1.76. The number of benzene rings is 2. The summed E-state index contributed by atoms with van der Waals surface area (Å²) >= 11 is 7.48. The van der Waals surface area contributed by atoms with E-state index in [1.54, 1.807) is 30.3 Å². The number of hydrogen-bond donors (Lipinski definition) is 0. The Balaban J connectivity index is 1.73. The van der Waals surface area contributed by atoms with Gasteiger partial charge in [-0.05, 0) is 35.9 Å². The summed E-state index contributed by atoms with van der Waals surface area (Å²) in [5, 5.41) is 0.439. The number of fused-ring (bicyclic) bond motifs is 2. The number of hydrogen-bond acceptors (Lipinski definition) is 4. The minimum Gasteiger partial charge on any atom is -0.454 e. The molecule has 0 aliphatic carbocycles. The number of ether oxygens (including phenoxy) is 2. The molecule has 2 aliphatic heterocycles. The van der Waals surface area contributed by atoms with E-state index in [0.717, 1.165) is 5.56 Å². The smallest absolute Gasteiger partial charge is 0.231 e. The largest absolute Gasteiger partial charge is 0.454 e. The number of Topliss-reactive ketones (excluding diaryl/α,β-unsaturated/α-hetero) is 1. The van der Waals surface area contributed by atoms with E-state index in [9.17, 15) is 9.18 Å². The fourth-order valence-electron chi connectivity index (χ4n) is 2.60. The standard InChI is InChI=1S/C17H10ClFO3S/c18-12-5-9(6-14-16(12)22-8-21-14)4-10-7-23-17-11(15(10)20)2-1-3-13(17)19/h1-6H,7-8H2/b10-4+. The van der Waals surface area contributed by atoms with Gasteiger partial charge in [-0.3, -0.25) is 4.79 Å². The van der Waals surface area contributed by atoms with Crippen molar-refractivity contribution in [2.45, 2.75) is 4.90 Å². The zero-order chi connectivity index (χ0) is 16.0. The van der Waals surface area contributed by atoms with E-state index in [1.807, 2.05) is 0 Å². The van der Waals surface area contributed by atoms with E-state index in [0.29, 0.717) is 38.3 Å². The molecule has 0 fully saturated rings. The highest BCUT2D eigenvalue weighted by Crippen LogP contribution is 2.41. The van der Waals surface area contributed by atoms with Gasteiger partial charge in [-0.1, -0.05) is 17.7 Å². The molecule has 2 aromatic rings. The van der Waals surface area contributed by atoms with Crippen molar-refractivity contribution in [2.24, 2.45) is 0 Å². The Labute approximate surface area is 141 Å². The van der Waals surface area contributed by atoms with Gasteiger partial charge >= 0.3 is 0 Å². The van der Waals surface area contributed by atoms with Crippen molar-refractivity contribution < 1.29 is 18.7 Å². The van der Waals surface area contributed by atoms with Crippen molar-refractivity contribution in [3.05, 3.63) is 57.9 Å². The van der Waals surface area contributed by atoms with E-state index >= 15 is 0 Å². The van der Waals surface area contributed by atoms with Crippen LogP contribution in [0.5, 0.6) is 11.5 Å². The van der Waals surface area contributed by atoms with Crippen LogP contribution >= 0.6 is 23.4 Å². The number of ketones is 1. The van der Waals surface area contributed by atoms with E-state index in [1.165, 1.54) is 17.8 Å². The maximum atomic E-state index is 13.8. The molecule has 23 heavy (non-hydrogen) atoms. The second kappa shape index (κ2) is 5.58. The van der Waals surface area contributed by atoms with Crippen LogP contribution in [0.3, 0.4) is 0 Å². The van der Waals surface area contributed by atoms with Crippen LogP contribution in [0.1, 0.15) is 15.9 Å². The topological polar surface area (TPSA) is 35.5 Å². The van der Waals surface area contributed by atoms with Gasteiger partial charge in [0.25, 0.3) is 0 Å². The van der Waals surface area contributed by atoms with Crippen LogP contribution < -0.4 is 9.47 Å². The van der Waals surface area contributed by atoms with Gasteiger partial charge in [0, 0.05) is 16.9 Å². The molecule has 0 saturated heterocycles. The van der Waals surface area contributed by atoms with Crippen LogP contribution in [-0.2, 0) is 0 Å². The Morgan fingerprint density at radius 2 is 2.13 bits per heavy atom. The second-order valence-corrected chi connectivity index (χ2v) is 6.53. The molecule has 0 atom stereocenters. The van der Waals surface area contributed by atoms with Gasteiger partial charge in [0.2, 0.25) is 6.79 Å². The number of carbonyl (C=O) groups is 1. The van der Waals surface area contributed by atoms with Gasteiger partial charge in [0.05, 0.1) is 9.92 Å².